The number of carbonyl (C=O) groups is 1. The second kappa shape index (κ2) is 6.97. The molecule has 0 N–H and O–H groups in total. The largest absolute Gasteiger partial charge is 0.490 e. The maximum absolute atomic E-state index is 12.5. The van der Waals surface area contributed by atoms with Crippen LogP contribution in [0.5, 0.6) is 5.75 Å². The van der Waals surface area contributed by atoms with Gasteiger partial charge in [-0.25, -0.2) is 4.79 Å². The summed E-state index contributed by atoms with van der Waals surface area (Å²) in [6.45, 7) is 1.16. The molecule has 130 valence electrons. The summed E-state index contributed by atoms with van der Waals surface area (Å²) in [6.07, 6.45) is 9.40. The van der Waals surface area contributed by atoms with Crippen molar-refractivity contribution in [3.63, 3.8) is 0 Å². The van der Waals surface area contributed by atoms with Crippen LogP contribution in [0.1, 0.15) is 38.5 Å². The number of amides is 1. The van der Waals surface area contributed by atoms with Gasteiger partial charge in [-0.05, 0) is 37.8 Å². The molecule has 2 bridgehead atoms. The molecule has 4 rings (SSSR count). The molecule has 6 nitrogen and oxygen atoms in total. The summed E-state index contributed by atoms with van der Waals surface area (Å²) in [6, 6.07) is 4.22. The average Bonchev–Trinajstić information content (AvgIpc) is 3.20. The minimum atomic E-state index is -0.180. The predicted octanol–water partition coefficient (Wildman–Crippen LogP) is 2.77. The molecule has 3 unspecified atom stereocenters. The van der Waals surface area contributed by atoms with Crippen LogP contribution in [0.3, 0.4) is 0 Å². The van der Waals surface area contributed by atoms with E-state index in [1.54, 1.807) is 12.4 Å². The SMILES string of the molecule is O=C(OCC1CCCO1)N1C2CCC1CC(Oc1ccncc1)C2. The fourth-order valence-electron chi connectivity index (χ4n) is 4.15. The van der Waals surface area contributed by atoms with Crippen molar-refractivity contribution in [1.82, 2.24) is 9.88 Å². The van der Waals surface area contributed by atoms with Crippen LogP contribution in [0.4, 0.5) is 4.79 Å². The van der Waals surface area contributed by atoms with Gasteiger partial charge in [0.05, 0.1) is 6.10 Å². The Morgan fingerprint density at radius 3 is 2.62 bits per heavy atom. The second-order valence-corrected chi connectivity index (χ2v) is 6.90. The lowest BCUT2D eigenvalue weighted by Gasteiger charge is -2.38. The van der Waals surface area contributed by atoms with Crippen molar-refractivity contribution in [2.75, 3.05) is 13.2 Å². The van der Waals surface area contributed by atoms with E-state index in [2.05, 4.69) is 4.98 Å². The van der Waals surface area contributed by atoms with Crippen LogP contribution >= 0.6 is 0 Å². The van der Waals surface area contributed by atoms with Crippen molar-refractivity contribution >= 4 is 6.09 Å². The van der Waals surface area contributed by atoms with E-state index in [1.165, 1.54) is 0 Å². The third-order valence-electron chi connectivity index (χ3n) is 5.27. The van der Waals surface area contributed by atoms with Crippen LogP contribution in [-0.2, 0) is 9.47 Å². The Balaban J connectivity index is 1.32. The van der Waals surface area contributed by atoms with Crippen molar-refractivity contribution in [1.29, 1.82) is 0 Å². The number of pyridine rings is 1. The molecule has 3 aliphatic rings. The molecule has 0 saturated carbocycles. The Morgan fingerprint density at radius 1 is 1.21 bits per heavy atom. The van der Waals surface area contributed by atoms with E-state index in [1.807, 2.05) is 17.0 Å². The van der Waals surface area contributed by atoms with Crippen molar-refractivity contribution in [3.8, 4) is 5.75 Å². The van der Waals surface area contributed by atoms with E-state index in [9.17, 15) is 4.79 Å². The number of aromatic nitrogens is 1. The fourth-order valence-corrected chi connectivity index (χ4v) is 4.15. The van der Waals surface area contributed by atoms with Crippen LogP contribution in [0.2, 0.25) is 0 Å². The quantitative estimate of drug-likeness (QED) is 0.848. The number of hydrogen-bond acceptors (Lipinski definition) is 5. The molecule has 0 aliphatic carbocycles. The molecule has 4 heterocycles. The van der Waals surface area contributed by atoms with Gasteiger partial charge in [-0.2, -0.15) is 0 Å². The van der Waals surface area contributed by atoms with Gasteiger partial charge in [-0.3, -0.25) is 4.98 Å². The third-order valence-corrected chi connectivity index (χ3v) is 5.27. The first kappa shape index (κ1) is 15.7. The summed E-state index contributed by atoms with van der Waals surface area (Å²) in [7, 11) is 0. The Hall–Kier alpha value is -1.82. The highest BCUT2D eigenvalue weighted by atomic mass is 16.6. The van der Waals surface area contributed by atoms with E-state index < -0.39 is 0 Å². The third kappa shape index (κ3) is 3.34. The van der Waals surface area contributed by atoms with Gasteiger partial charge in [0.1, 0.15) is 18.5 Å². The zero-order valence-electron chi connectivity index (χ0n) is 13.8. The molecule has 24 heavy (non-hydrogen) atoms. The first-order chi connectivity index (χ1) is 11.8. The summed E-state index contributed by atoms with van der Waals surface area (Å²) >= 11 is 0. The van der Waals surface area contributed by atoms with Crippen LogP contribution < -0.4 is 4.74 Å². The molecule has 3 aliphatic heterocycles. The number of carbonyl (C=O) groups excluding carboxylic acids is 1. The Bertz CT molecular complexity index is 547. The molecule has 3 saturated heterocycles. The van der Waals surface area contributed by atoms with E-state index in [4.69, 9.17) is 14.2 Å². The monoisotopic (exact) mass is 332 g/mol. The Kier molecular flexibility index (Phi) is 4.56. The fraction of sp³-hybridized carbons (Fsp3) is 0.667. The first-order valence-electron chi connectivity index (χ1n) is 8.93. The Morgan fingerprint density at radius 2 is 1.96 bits per heavy atom. The van der Waals surface area contributed by atoms with Gasteiger partial charge < -0.3 is 19.1 Å². The van der Waals surface area contributed by atoms with Gasteiger partial charge >= 0.3 is 6.09 Å². The number of ether oxygens (including phenoxy) is 3. The van der Waals surface area contributed by atoms with Crippen molar-refractivity contribution in [2.24, 2.45) is 0 Å². The molecule has 3 fully saturated rings. The zero-order chi connectivity index (χ0) is 16.4. The summed E-state index contributed by atoms with van der Waals surface area (Å²) in [5.41, 5.74) is 0. The number of hydrogen-bond donors (Lipinski definition) is 0. The van der Waals surface area contributed by atoms with Gasteiger partial charge in [-0.15, -0.1) is 0 Å². The standard InChI is InChI=1S/C18H24N2O4/c21-18(23-12-16-2-1-9-22-16)20-13-3-4-14(20)11-17(10-13)24-15-5-7-19-8-6-15/h5-8,13-14,16-17H,1-4,9-12H2. The van der Waals surface area contributed by atoms with Gasteiger partial charge in [-0.1, -0.05) is 0 Å². The van der Waals surface area contributed by atoms with Gasteiger partial charge in [0, 0.05) is 43.9 Å². The topological polar surface area (TPSA) is 60.9 Å². The van der Waals surface area contributed by atoms with Crippen LogP contribution in [-0.4, -0.2) is 53.5 Å². The molecule has 0 spiro atoms. The molecule has 0 aromatic carbocycles. The van der Waals surface area contributed by atoms with Crippen LogP contribution in [0.25, 0.3) is 0 Å². The molecule has 6 heteroatoms. The molecule has 0 radical (unpaired) electrons. The maximum Gasteiger partial charge on any atom is 0.410 e. The van der Waals surface area contributed by atoms with Crippen molar-refractivity contribution < 1.29 is 19.0 Å². The van der Waals surface area contributed by atoms with Gasteiger partial charge in [0.2, 0.25) is 0 Å². The van der Waals surface area contributed by atoms with E-state index in [0.29, 0.717) is 6.61 Å². The smallest absolute Gasteiger partial charge is 0.410 e. The lowest BCUT2D eigenvalue weighted by Crippen LogP contribution is -2.49. The van der Waals surface area contributed by atoms with Crippen LogP contribution in [0.15, 0.2) is 24.5 Å². The average molecular weight is 332 g/mol. The lowest BCUT2D eigenvalue weighted by molar-refractivity contribution is 0.00525. The predicted molar refractivity (Wildman–Crippen MR) is 86.9 cm³/mol. The number of piperidine rings is 1. The van der Waals surface area contributed by atoms with E-state index >= 15 is 0 Å². The minimum Gasteiger partial charge on any atom is -0.490 e. The lowest BCUT2D eigenvalue weighted by atomic mass is 10.0. The summed E-state index contributed by atoms with van der Waals surface area (Å²) in [5, 5.41) is 0. The van der Waals surface area contributed by atoms with Gasteiger partial charge in [0.25, 0.3) is 0 Å². The van der Waals surface area contributed by atoms with Crippen LogP contribution in [0, 0.1) is 0 Å². The maximum atomic E-state index is 12.5. The molecule has 1 aromatic rings. The highest BCUT2D eigenvalue weighted by molar-refractivity contribution is 5.69. The second-order valence-electron chi connectivity index (χ2n) is 6.90. The summed E-state index contributed by atoms with van der Waals surface area (Å²) < 4.78 is 17.1. The normalized spacial score (nSPS) is 31.9. The minimum absolute atomic E-state index is 0.0826. The Labute approximate surface area is 142 Å². The summed E-state index contributed by atoms with van der Waals surface area (Å²) in [5.74, 6) is 0.851. The molecule has 1 aromatic heterocycles. The van der Waals surface area contributed by atoms with Crippen molar-refractivity contribution in [3.05, 3.63) is 24.5 Å². The number of nitrogens with zero attached hydrogens (tertiary/aromatic N) is 2. The summed E-state index contributed by atoms with van der Waals surface area (Å²) in [4.78, 5) is 18.4. The number of rotatable bonds is 4. The molecular formula is C18H24N2O4. The van der Waals surface area contributed by atoms with Crippen molar-refractivity contribution in [2.45, 2.75) is 62.8 Å². The van der Waals surface area contributed by atoms with E-state index in [-0.39, 0.29) is 30.4 Å². The number of fused-ring (bicyclic) bond motifs is 2. The first-order valence-corrected chi connectivity index (χ1v) is 8.93. The van der Waals surface area contributed by atoms with Gasteiger partial charge in [0.15, 0.2) is 0 Å². The highest BCUT2D eigenvalue weighted by Crippen LogP contribution is 2.37. The zero-order valence-corrected chi connectivity index (χ0v) is 13.8. The molecule has 1 amide bonds. The van der Waals surface area contributed by atoms with E-state index in [0.717, 1.165) is 50.9 Å². The molecular weight excluding hydrogens is 308 g/mol. The molecule has 3 atom stereocenters. The highest BCUT2D eigenvalue weighted by Gasteiger charge is 2.45.